The minimum absolute atomic E-state index is 0.0914. The van der Waals surface area contributed by atoms with Gasteiger partial charge in [0.2, 0.25) is 0 Å². The van der Waals surface area contributed by atoms with Crippen LogP contribution in [0.5, 0.6) is 0 Å². The fourth-order valence-electron chi connectivity index (χ4n) is 3.19. The summed E-state index contributed by atoms with van der Waals surface area (Å²) in [6.07, 6.45) is -0.271. The molecule has 2 rings (SSSR count). The number of fused-ring (bicyclic) bond motifs is 1. The van der Waals surface area contributed by atoms with Gasteiger partial charge in [-0.3, -0.25) is 9.69 Å². The Bertz CT molecular complexity index is 505. The zero-order valence-electron chi connectivity index (χ0n) is 13.2. The van der Waals surface area contributed by atoms with E-state index in [1.165, 1.54) is 12.0 Å². The quantitative estimate of drug-likeness (QED) is 0.781. The molecule has 6 nitrogen and oxygen atoms in total. The summed E-state index contributed by atoms with van der Waals surface area (Å²) in [5.74, 6) is -0.739. The summed E-state index contributed by atoms with van der Waals surface area (Å²) < 4.78 is 10.7. The van der Waals surface area contributed by atoms with Gasteiger partial charge in [0, 0.05) is 24.0 Å². The predicted octanol–water partition coefficient (Wildman–Crippen LogP) is 0.842. The Morgan fingerprint density at radius 1 is 1.52 bits per heavy atom. The van der Waals surface area contributed by atoms with Gasteiger partial charge in [-0.1, -0.05) is 20.8 Å². The lowest BCUT2D eigenvalue weighted by molar-refractivity contribution is -0.157. The third-order valence-corrected chi connectivity index (χ3v) is 4.27. The molecular formula is C15H23NO5. The van der Waals surface area contributed by atoms with Gasteiger partial charge in [0.1, 0.15) is 6.23 Å². The number of esters is 1. The molecule has 118 valence electrons. The first-order valence-corrected chi connectivity index (χ1v) is 7.06. The highest BCUT2D eigenvalue weighted by molar-refractivity contribution is 6.06. The van der Waals surface area contributed by atoms with Crippen molar-refractivity contribution in [3.63, 3.8) is 0 Å². The zero-order valence-corrected chi connectivity index (χ0v) is 13.2. The van der Waals surface area contributed by atoms with Crippen LogP contribution in [0, 0.1) is 5.41 Å². The Kier molecular flexibility index (Phi) is 3.88. The lowest BCUT2D eigenvalue weighted by atomic mass is 9.89. The molecule has 0 saturated carbocycles. The number of rotatable bonds is 3. The summed E-state index contributed by atoms with van der Waals surface area (Å²) in [7, 11) is 1.31. The summed E-state index contributed by atoms with van der Waals surface area (Å²) in [6, 6.07) is 0. The maximum atomic E-state index is 12.7. The topological polar surface area (TPSA) is 76.1 Å². The van der Waals surface area contributed by atoms with Gasteiger partial charge in [-0.05, 0) is 12.5 Å². The van der Waals surface area contributed by atoms with Crippen LogP contribution in [0.15, 0.2) is 11.1 Å². The molecule has 2 aliphatic heterocycles. The van der Waals surface area contributed by atoms with Crippen LogP contribution in [0.1, 0.15) is 34.1 Å². The molecule has 0 aromatic rings. The van der Waals surface area contributed by atoms with Crippen molar-refractivity contribution in [2.24, 2.45) is 5.41 Å². The number of hydrogen-bond donors (Lipinski definition) is 1. The largest absolute Gasteiger partial charge is 0.467 e. The Balaban J connectivity index is 2.56. The van der Waals surface area contributed by atoms with E-state index >= 15 is 0 Å². The average Bonchev–Trinajstić information content (AvgIpc) is 2.90. The number of carbonyl (C=O) groups is 2. The van der Waals surface area contributed by atoms with E-state index in [4.69, 9.17) is 9.47 Å². The predicted molar refractivity (Wildman–Crippen MR) is 75.2 cm³/mol. The van der Waals surface area contributed by atoms with Crippen LogP contribution in [-0.4, -0.2) is 54.0 Å². The van der Waals surface area contributed by atoms with Crippen molar-refractivity contribution < 1.29 is 24.2 Å². The highest BCUT2D eigenvalue weighted by atomic mass is 16.6. The Morgan fingerprint density at radius 2 is 2.14 bits per heavy atom. The third kappa shape index (κ3) is 2.08. The van der Waals surface area contributed by atoms with Crippen LogP contribution in [-0.2, 0) is 19.1 Å². The molecule has 0 spiro atoms. The van der Waals surface area contributed by atoms with E-state index in [1.54, 1.807) is 6.92 Å². The highest BCUT2D eigenvalue weighted by Gasteiger charge is 2.64. The molecule has 6 heteroatoms. The summed E-state index contributed by atoms with van der Waals surface area (Å²) in [4.78, 5) is 26.6. The molecule has 0 bridgehead atoms. The number of aliphatic hydroxyl groups is 1. The number of hydrogen-bond acceptors (Lipinski definition) is 5. The summed E-state index contributed by atoms with van der Waals surface area (Å²) in [5.41, 5.74) is -0.408. The van der Waals surface area contributed by atoms with E-state index in [9.17, 15) is 14.7 Å². The van der Waals surface area contributed by atoms with E-state index in [0.29, 0.717) is 11.1 Å². The molecule has 0 radical (unpaired) electrons. The molecule has 21 heavy (non-hydrogen) atoms. The van der Waals surface area contributed by atoms with Crippen molar-refractivity contribution in [1.29, 1.82) is 0 Å². The van der Waals surface area contributed by atoms with E-state index < -0.39 is 17.7 Å². The Morgan fingerprint density at radius 3 is 2.62 bits per heavy atom. The van der Waals surface area contributed by atoms with Gasteiger partial charge in [0.05, 0.1) is 13.7 Å². The second-order valence-corrected chi connectivity index (χ2v) is 6.63. The van der Waals surface area contributed by atoms with Crippen LogP contribution in [0.4, 0.5) is 0 Å². The summed E-state index contributed by atoms with van der Waals surface area (Å²) >= 11 is 0. The van der Waals surface area contributed by atoms with Crippen LogP contribution >= 0.6 is 0 Å². The Labute approximate surface area is 124 Å². The van der Waals surface area contributed by atoms with E-state index in [0.717, 1.165) is 0 Å². The third-order valence-electron chi connectivity index (χ3n) is 4.27. The van der Waals surface area contributed by atoms with Crippen LogP contribution in [0.2, 0.25) is 0 Å². The molecule has 1 saturated heterocycles. The molecule has 1 N–H and O–H groups in total. The minimum Gasteiger partial charge on any atom is -0.467 e. The second-order valence-electron chi connectivity index (χ2n) is 6.63. The van der Waals surface area contributed by atoms with Gasteiger partial charge in [0.15, 0.2) is 5.54 Å². The van der Waals surface area contributed by atoms with Crippen LogP contribution < -0.4 is 0 Å². The van der Waals surface area contributed by atoms with Gasteiger partial charge in [-0.25, -0.2) is 4.79 Å². The fourth-order valence-corrected chi connectivity index (χ4v) is 3.19. The van der Waals surface area contributed by atoms with Crippen molar-refractivity contribution in [3.05, 3.63) is 11.1 Å². The van der Waals surface area contributed by atoms with Crippen molar-refractivity contribution in [2.75, 3.05) is 20.3 Å². The van der Waals surface area contributed by atoms with E-state index in [1.807, 2.05) is 20.8 Å². The van der Waals surface area contributed by atoms with Gasteiger partial charge in [-0.15, -0.1) is 0 Å². The van der Waals surface area contributed by atoms with Crippen LogP contribution in [0.3, 0.4) is 0 Å². The SMILES string of the molecule is COC(=O)[C@]12CO[C@@H](C(C)(C)C)N1C(=O)C(CCO)=C2C. The molecule has 2 atom stereocenters. The molecule has 0 unspecified atom stereocenters. The maximum Gasteiger partial charge on any atom is 0.338 e. The standard InChI is InChI=1S/C15H23NO5/c1-9-10(6-7-17)11(18)16-12(14(2,3)4)21-8-15(9,16)13(19)20-5/h12,17H,6-8H2,1-5H3/t12-,15+/m0/s1. The molecule has 0 aliphatic carbocycles. The smallest absolute Gasteiger partial charge is 0.338 e. The fraction of sp³-hybridized carbons (Fsp3) is 0.733. The minimum atomic E-state index is -1.19. The van der Waals surface area contributed by atoms with E-state index in [-0.39, 0.29) is 31.0 Å². The number of ether oxygens (including phenoxy) is 2. The molecule has 2 heterocycles. The van der Waals surface area contributed by atoms with Crippen molar-refractivity contribution in [1.82, 2.24) is 4.90 Å². The summed E-state index contributed by atoms with van der Waals surface area (Å²) in [6.45, 7) is 7.57. The number of methoxy groups -OCH3 is 1. The highest BCUT2D eigenvalue weighted by Crippen LogP contribution is 2.47. The van der Waals surface area contributed by atoms with Crippen molar-refractivity contribution in [2.45, 2.75) is 45.9 Å². The molecule has 0 aromatic heterocycles. The monoisotopic (exact) mass is 297 g/mol. The first-order chi connectivity index (χ1) is 9.71. The van der Waals surface area contributed by atoms with Crippen LogP contribution in [0.25, 0.3) is 0 Å². The average molecular weight is 297 g/mol. The summed E-state index contributed by atoms with van der Waals surface area (Å²) in [5, 5.41) is 9.18. The maximum absolute atomic E-state index is 12.7. The lowest BCUT2D eigenvalue weighted by Gasteiger charge is -2.37. The number of amides is 1. The van der Waals surface area contributed by atoms with Crippen molar-refractivity contribution in [3.8, 4) is 0 Å². The first kappa shape index (κ1) is 16.0. The number of aliphatic hydroxyl groups excluding tert-OH is 1. The van der Waals surface area contributed by atoms with E-state index in [2.05, 4.69) is 0 Å². The zero-order chi connectivity index (χ0) is 16.0. The molecule has 1 fully saturated rings. The number of carbonyl (C=O) groups excluding carboxylic acids is 2. The van der Waals surface area contributed by atoms with Gasteiger partial charge in [0.25, 0.3) is 5.91 Å². The van der Waals surface area contributed by atoms with Gasteiger partial charge < -0.3 is 14.6 Å². The molecule has 2 aliphatic rings. The molecule has 1 amide bonds. The molecular weight excluding hydrogens is 274 g/mol. The second kappa shape index (κ2) is 5.10. The normalized spacial score (nSPS) is 29.1. The number of nitrogens with zero attached hydrogens (tertiary/aromatic N) is 1. The molecule has 0 aromatic carbocycles. The lowest BCUT2D eigenvalue weighted by Crippen LogP contribution is -2.56. The van der Waals surface area contributed by atoms with Gasteiger partial charge >= 0.3 is 5.97 Å². The van der Waals surface area contributed by atoms with Gasteiger partial charge in [-0.2, -0.15) is 0 Å². The van der Waals surface area contributed by atoms with Crippen molar-refractivity contribution >= 4 is 11.9 Å². The Hall–Kier alpha value is -1.40. The first-order valence-electron chi connectivity index (χ1n) is 7.06.